The van der Waals surface area contributed by atoms with Gasteiger partial charge in [-0.05, 0) is 12.5 Å². The van der Waals surface area contributed by atoms with Crippen LogP contribution < -0.4 is 0 Å². The van der Waals surface area contributed by atoms with Crippen LogP contribution in [0.5, 0.6) is 0 Å². The van der Waals surface area contributed by atoms with E-state index in [1.54, 1.807) is 6.92 Å². The van der Waals surface area contributed by atoms with Crippen molar-refractivity contribution in [1.29, 1.82) is 0 Å². The maximum absolute atomic E-state index is 9.24. The lowest BCUT2D eigenvalue weighted by molar-refractivity contribution is -0.0115. The Morgan fingerprint density at radius 1 is 1.43 bits per heavy atom. The number of benzene rings is 1. The van der Waals surface area contributed by atoms with Gasteiger partial charge in [-0.25, -0.2) is 0 Å². The molecule has 1 aromatic rings. The lowest BCUT2D eigenvalue weighted by atomic mass is 10.2. The van der Waals surface area contributed by atoms with Gasteiger partial charge in [0, 0.05) is 0 Å². The van der Waals surface area contributed by atoms with Gasteiger partial charge in [-0.2, -0.15) is 0 Å². The molecule has 0 aliphatic heterocycles. The number of aliphatic hydroxyl groups excluding tert-OH is 1. The number of aliphatic hydroxyl groups is 1. The van der Waals surface area contributed by atoms with E-state index in [0.29, 0.717) is 6.61 Å². The SMILES string of the molecule is C#C[C@H](O)[C@@H](C)OCc1ccccc1. The van der Waals surface area contributed by atoms with E-state index in [0.717, 1.165) is 5.56 Å². The molecule has 1 rings (SSSR count). The average molecular weight is 190 g/mol. The van der Waals surface area contributed by atoms with Gasteiger partial charge in [0.25, 0.3) is 0 Å². The monoisotopic (exact) mass is 190 g/mol. The molecule has 2 atom stereocenters. The van der Waals surface area contributed by atoms with Crippen molar-refractivity contribution < 1.29 is 9.84 Å². The Balaban J connectivity index is 2.39. The minimum atomic E-state index is -0.835. The Labute approximate surface area is 84.5 Å². The standard InChI is InChI=1S/C12H14O2/c1-3-12(13)10(2)14-9-11-7-5-4-6-8-11/h1,4-8,10,12-13H,9H2,2H3/t10-,12+/m1/s1. The summed E-state index contributed by atoms with van der Waals surface area (Å²) in [6.07, 6.45) is 3.89. The molecule has 0 aliphatic carbocycles. The fourth-order valence-corrected chi connectivity index (χ4v) is 1.03. The van der Waals surface area contributed by atoms with Crippen molar-refractivity contribution in [3.8, 4) is 12.3 Å². The summed E-state index contributed by atoms with van der Waals surface area (Å²) in [6, 6.07) is 9.77. The first-order chi connectivity index (χ1) is 6.74. The average Bonchev–Trinajstić information content (AvgIpc) is 2.26. The van der Waals surface area contributed by atoms with Crippen LogP contribution in [0.25, 0.3) is 0 Å². The summed E-state index contributed by atoms with van der Waals surface area (Å²) in [5.41, 5.74) is 1.07. The summed E-state index contributed by atoms with van der Waals surface area (Å²) in [5, 5.41) is 9.24. The summed E-state index contributed by atoms with van der Waals surface area (Å²) >= 11 is 0. The zero-order chi connectivity index (χ0) is 10.4. The molecule has 2 nitrogen and oxygen atoms in total. The Morgan fingerprint density at radius 2 is 2.07 bits per heavy atom. The molecule has 0 bridgehead atoms. The summed E-state index contributed by atoms with van der Waals surface area (Å²) in [4.78, 5) is 0. The molecule has 14 heavy (non-hydrogen) atoms. The van der Waals surface area contributed by atoms with Crippen LogP contribution in [0.1, 0.15) is 12.5 Å². The predicted octanol–water partition coefficient (Wildman–Crippen LogP) is 1.59. The van der Waals surface area contributed by atoms with E-state index >= 15 is 0 Å². The second kappa shape index (κ2) is 5.43. The predicted molar refractivity (Wildman–Crippen MR) is 55.5 cm³/mol. The number of terminal acetylenes is 1. The summed E-state index contributed by atoms with van der Waals surface area (Å²) in [7, 11) is 0. The third kappa shape index (κ3) is 3.21. The highest BCUT2D eigenvalue weighted by Crippen LogP contribution is 2.05. The summed E-state index contributed by atoms with van der Waals surface area (Å²) in [6.45, 7) is 2.23. The molecule has 2 heteroatoms. The molecular formula is C12H14O2. The molecule has 1 N–H and O–H groups in total. The van der Waals surface area contributed by atoms with Gasteiger partial charge in [-0.3, -0.25) is 0 Å². The molecule has 1 aromatic carbocycles. The summed E-state index contributed by atoms with van der Waals surface area (Å²) < 4.78 is 5.39. The van der Waals surface area contributed by atoms with E-state index in [1.807, 2.05) is 30.3 Å². The van der Waals surface area contributed by atoms with E-state index in [1.165, 1.54) is 0 Å². The first-order valence-electron chi connectivity index (χ1n) is 4.53. The molecule has 0 amide bonds. The molecule has 0 aliphatic rings. The van der Waals surface area contributed by atoms with Gasteiger partial charge in [0.1, 0.15) is 6.10 Å². The molecule has 0 saturated carbocycles. The van der Waals surface area contributed by atoms with Crippen molar-refractivity contribution in [2.75, 3.05) is 0 Å². The number of ether oxygens (including phenoxy) is 1. The van der Waals surface area contributed by atoms with Crippen LogP contribution in [0, 0.1) is 12.3 Å². The van der Waals surface area contributed by atoms with Crippen molar-refractivity contribution in [1.82, 2.24) is 0 Å². The smallest absolute Gasteiger partial charge is 0.140 e. The zero-order valence-corrected chi connectivity index (χ0v) is 8.18. The molecule has 0 unspecified atom stereocenters. The third-order valence-electron chi connectivity index (χ3n) is 1.97. The molecule has 0 saturated heterocycles. The van der Waals surface area contributed by atoms with Crippen LogP contribution in [-0.2, 0) is 11.3 Å². The molecule has 0 aromatic heterocycles. The van der Waals surface area contributed by atoms with E-state index in [9.17, 15) is 5.11 Å². The Morgan fingerprint density at radius 3 is 2.64 bits per heavy atom. The van der Waals surface area contributed by atoms with Crippen LogP contribution in [0.3, 0.4) is 0 Å². The fourth-order valence-electron chi connectivity index (χ4n) is 1.03. The molecule has 0 fully saturated rings. The van der Waals surface area contributed by atoms with Gasteiger partial charge in [0.15, 0.2) is 0 Å². The first-order valence-corrected chi connectivity index (χ1v) is 4.53. The number of hydrogen-bond acceptors (Lipinski definition) is 2. The van der Waals surface area contributed by atoms with Gasteiger partial charge in [-0.15, -0.1) is 6.42 Å². The van der Waals surface area contributed by atoms with Gasteiger partial charge < -0.3 is 9.84 Å². The largest absolute Gasteiger partial charge is 0.378 e. The highest BCUT2D eigenvalue weighted by atomic mass is 16.5. The summed E-state index contributed by atoms with van der Waals surface area (Å²) in [5.74, 6) is 2.23. The Hall–Kier alpha value is -1.30. The molecule has 74 valence electrons. The highest BCUT2D eigenvalue weighted by Gasteiger charge is 2.10. The normalized spacial score (nSPS) is 14.4. The quantitative estimate of drug-likeness (QED) is 0.730. The van der Waals surface area contributed by atoms with Crippen LogP contribution in [0.2, 0.25) is 0 Å². The molecule has 0 spiro atoms. The zero-order valence-electron chi connectivity index (χ0n) is 8.18. The Kier molecular flexibility index (Phi) is 4.18. The van der Waals surface area contributed by atoms with Gasteiger partial charge in [-0.1, -0.05) is 36.3 Å². The molecule has 0 radical (unpaired) electrons. The van der Waals surface area contributed by atoms with Crippen molar-refractivity contribution in [2.24, 2.45) is 0 Å². The van der Waals surface area contributed by atoms with Crippen LogP contribution in [0.15, 0.2) is 30.3 Å². The maximum Gasteiger partial charge on any atom is 0.140 e. The van der Waals surface area contributed by atoms with Crippen molar-refractivity contribution in [3.63, 3.8) is 0 Å². The van der Waals surface area contributed by atoms with Gasteiger partial charge in [0.05, 0.1) is 12.7 Å². The van der Waals surface area contributed by atoms with E-state index in [-0.39, 0.29) is 6.10 Å². The molecule has 0 heterocycles. The van der Waals surface area contributed by atoms with Crippen molar-refractivity contribution >= 4 is 0 Å². The fraction of sp³-hybridized carbons (Fsp3) is 0.333. The topological polar surface area (TPSA) is 29.5 Å². The minimum Gasteiger partial charge on any atom is -0.378 e. The Bertz CT molecular complexity index is 300. The van der Waals surface area contributed by atoms with E-state index < -0.39 is 6.10 Å². The lowest BCUT2D eigenvalue weighted by Crippen LogP contribution is -2.23. The minimum absolute atomic E-state index is 0.333. The van der Waals surface area contributed by atoms with E-state index in [2.05, 4.69) is 5.92 Å². The number of rotatable bonds is 4. The van der Waals surface area contributed by atoms with E-state index in [4.69, 9.17) is 11.2 Å². The van der Waals surface area contributed by atoms with Gasteiger partial charge >= 0.3 is 0 Å². The molecular weight excluding hydrogens is 176 g/mol. The maximum atomic E-state index is 9.24. The van der Waals surface area contributed by atoms with Crippen LogP contribution >= 0.6 is 0 Å². The first kappa shape index (κ1) is 10.8. The second-order valence-corrected chi connectivity index (χ2v) is 3.11. The van der Waals surface area contributed by atoms with Gasteiger partial charge in [0.2, 0.25) is 0 Å². The van der Waals surface area contributed by atoms with Crippen LogP contribution in [0.4, 0.5) is 0 Å². The van der Waals surface area contributed by atoms with Crippen molar-refractivity contribution in [3.05, 3.63) is 35.9 Å². The highest BCUT2D eigenvalue weighted by molar-refractivity contribution is 5.13. The van der Waals surface area contributed by atoms with Crippen LogP contribution in [-0.4, -0.2) is 17.3 Å². The lowest BCUT2D eigenvalue weighted by Gasteiger charge is -2.14. The third-order valence-corrected chi connectivity index (χ3v) is 1.97. The number of hydrogen-bond donors (Lipinski definition) is 1. The second-order valence-electron chi connectivity index (χ2n) is 3.11. The van der Waals surface area contributed by atoms with Crippen molar-refractivity contribution in [2.45, 2.75) is 25.7 Å².